The van der Waals surface area contributed by atoms with E-state index in [0.717, 1.165) is 17.8 Å². The Morgan fingerprint density at radius 1 is 1.44 bits per heavy atom. The van der Waals surface area contributed by atoms with Gasteiger partial charge in [-0.3, -0.25) is 0 Å². The van der Waals surface area contributed by atoms with Crippen LogP contribution in [0.25, 0.3) is 0 Å². The van der Waals surface area contributed by atoms with Gasteiger partial charge in [-0.15, -0.1) is 0 Å². The van der Waals surface area contributed by atoms with E-state index in [9.17, 15) is 4.39 Å². The summed E-state index contributed by atoms with van der Waals surface area (Å²) in [4.78, 5) is 7.36. The first-order valence-corrected chi connectivity index (χ1v) is 6.18. The second-order valence-corrected chi connectivity index (χ2v) is 4.40. The number of imidazole rings is 1. The first-order valence-electron chi connectivity index (χ1n) is 6.18. The molecule has 3 nitrogen and oxygen atoms in total. The van der Waals surface area contributed by atoms with Gasteiger partial charge in [0.1, 0.15) is 11.6 Å². The van der Waals surface area contributed by atoms with Crippen molar-refractivity contribution in [2.45, 2.75) is 32.9 Å². The summed E-state index contributed by atoms with van der Waals surface area (Å²) in [5, 5.41) is 3.42. The van der Waals surface area contributed by atoms with Crippen molar-refractivity contribution in [3.05, 3.63) is 53.4 Å². The van der Waals surface area contributed by atoms with Crippen molar-refractivity contribution in [2.24, 2.45) is 0 Å². The summed E-state index contributed by atoms with van der Waals surface area (Å²) in [5.74, 6) is 0.785. The Labute approximate surface area is 106 Å². The molecule has 4 heteroatoms. The molecule has 0 aliphatic rings. The molecule has 1 heterocycles. The van der Waals surface area contributed by atoms with E-state index in [1.165, 1.54) is 6.07 Å². The van der Waals surface area contributed by atoms with Crippen molar-refractivity contribution < 1.29 is 4.39 Å². The average Bonchev–Trinajstić information content (AvgIpc) is 2.88. The molecule has 0 fully saturated rings. The Bertz CT molecular complexity index is 494. The molecular formula is C14H18FN3. The highest BCUT2D eigenvalue weighted by molar-refractivity contribution is 5.23. The Balaban J connectivity index is 1.99. The van der Waals surface area contributed by atoms with Crippen LogP contribution in [0, 0.1) is 12.7 Å². The fraction of sp³-hybridized carbons (Fsp3) is 0.357. The molecule has 0 saturated carbocycles. The molecule has 0 radical (unpaired) electrons. The number of aryl methyl sites for hydroxylation is 1. The van der Waals surface area contributed by atoms with Gasteiger partial charge in [0.15, 0.2) is 0 Å². The van der Waals surface area contributed by atoms with Crippen LogP contribution in [0.3, 0.4) is 0 Å². The van der Waals surface area contributed by atoms with Crippen LogP contribution in [-0.2, 0) is 6.54 Å². The molecule has 0 amide bonds. The number of aromatic amines is 1. The lowest BCUT2D eigenvalue weighted by atomic mass is 10.1. The monoisotopic (exact) mass is 247 g/mol. The number of benzene rings is 1. The summed E-state index contributed by atoms with van der Waals surface area (Å²) in [6, 6.07) is 5.40. The van der Waals surface area contributed by atoms with Crippen LogP contribution >= 0.6 is 0 Å². The summed E-state index contributed by atoms with van der Waals surface area (Å²) in [7, 11) is 0. The van der Waals surface area contributed by atoms with Gasteiger partial charge in [0.25, 0.3) is 0 Å². The molecule has 1 aromatic heterocycles. The third kappa shape index (κ3) is 2.96. The van der Waals surface area contributed by atoms with Crippen LogP contribution in [0.4, 0.5) is 4.39 Å². The first kappa shape index (κ1) is 12.8. The topological polar surface area (TPSA) is 40.7 Å². The van der Waals surface area contributed by atoms with Crippen LogP contribution in [0.5, 0.6) is 0 Å². The van der Waals surface area contributed by atoms with Gasteiger partial charge < -0.3 is 10.3 Å². The summed E-state index contributed by atoms with van der Waals surface area (Å²) < 4.78 is 13.2. The molecule has 0 spiro atoms. The lowest BCUT2D eigenvalue weighted by Crippen LogP contribution is -2.21. The molecule has 18 heavy (non-hydrogen) atoms. The van der Waals surface area contributed by atoms with Crippen LogP contribution < -0.4 is 5.32 Å². The predicted molar refractivity (Wildman–Crippen MR) is 69.6 cm³/mol. The zero-order chi connectivity index (χ0) is 13.0. The summed E-state index contributed by atoms with van der Waals surface area (Å²) in [6.07, 6.45) is 4.52. The molecule has 2 N–H and O–H groups in total. The Hall–Kier alpha value is -1.68. The van der Waals surface area contributed by atoms with Crippen molar-refractivity contribution in [3.63, 3.8) is 0 Å². The van der Waals surface area contributed by atoms with Crippen molar-refractivity contribution in [3.8, 4) is 0 Å². The van der Waals surface area contributed by atoms with Crippen LogP contribution in [0.15, 0.2) is 30.6 Å². The molecule has 2 rings (SSSR count). The third-order valence-electron chi connectivity index (χ3n) is 3.03. The fourth-order valence-corrected chi connectivity index (χ4v) is 1.96. The Kier molecular flexibility index (Phi) is 4.10. The molecule has 2 aromatic rings. The first-order chi connectivity index (χ1) is 8.70. The molecular weight excluding hydrogens is 229 g/mol. The maximum absolute atomic E-state index is 13.2. The molecule has 1 aromatic carbocycles. The van der Waals surface area contributed by atoms with E-state index in [4.69, 9.17) is 0 Å². The largest absolute Gasteiger partial charge is 0.347 e. The maximum Gasteiger partial charge on any atom is 0.126 e. The van der Waals surface area contributed by atoms with Gasteiger partial charge in [0, 0.05) is 18.9 Å². The molecule has 0 saturated heterocycles. The third-order valence-corrected chi connectivity index (χ3v) is 3.03. The number of halogens is 1. The van der Waals surface area contributed by atoms with E-state index in [0.29, 0.717) is 12.1 Å². The number of hydrogen-bond donors (Lipinski definition) is 2. The van der Waals surface area contributed by atoms with Crippen LogP contribution in [0.1, 0.15) is 36.3 Å². The molecule has 0 bridgehead atoms. The normalized spacial score (nSPS) is 12.6. The van der Waals surface area contributed by atoms with Crippen LogP contribution in [-0.4, -0.2) is 9.97 Å². The smallest absolute Gasteiger partial charge is 0.126 e. The quantitative estimate of drug-likeness (QED) is 0.852. The van der Waals surface area contributed by atoms with Crippen molar-refractivity contribution in [1.82, 2.24) is 15.3 Å². The van der Waals surface area contributed by atoms with E-state index in [1.807, 2.05) is 18.3 Å². The minimum Gasteiger partial charge on any atom is -0.347 e. The van der Waals surface area contributed by atoms with Gasteiger partial charge in [-0.1, -0.05) is 19.1 Å². The number of nitrogens with one attached hydrogen (secondary N) is 2. The highest BCUT2D eigenvalue weighted by Crippen LogP contribution is 2.14. The SMILES string of the molecule is CCC(NCc1ccc(F)c(C)c1)c1ncc[nH]1. The minimum atomic E-state index is -0.156. The second kappa shape index (κ2) is 5.78. The number of hydrogen-bond acceptors (Lipinski definition) is 2. The van der Waals surface area contributed by atoms with E-state index < -0.39 is 0 Å². The van der Waals surface area contributed by atoms with E-state index in [2.05, 4.69) is 22.2 Å². The molecule has 0 aliphatic carbocycles. The lowest BCUT2D eigenvalue weighted by molar-refractivity contribution is 0.497. The zero-order valence-electron chi connectivity index (χ0n) is 10.7. The summed E-state index contributed by atoms with van der Waals surface area (Å²) in [5.41, 5.74) is 1.76. The minimum absolute atomic E-state index is 0.156. The van der Waals surface area contributed by atoms with Crippen molar-refractivity contribution in [1.29, 1.82) is 0 Å². The van der Waals surface area contributed by atoms with Gasteiger partial charge >= 0.3 is 0 Å². The highest BCUT2D eigenvalue weighted by Gasteiger charge is 2.10. The summed E-state index contributed by atoms with van der Waals surface area (Å²) in [6.45, 7) is 4.60. The zero-order valence-corrected chi connectivity index (χ0v) is 10.7. The fourth-order valence-electron chi connectivity index (χ4n) is 1.96. The maximum atomic E-state index is 13.2. The second-order valence-electron chi connectivity index (χ2n) is 4.40. The van der Waals surface area contributed by atoms with Crippen molar-refractivity contribution in [2.75, 3.05) is 0 Å². The Morgan fingerprint density at radius 2 is 2.28 bits per heavy atom. The molecule has 96 valence electrons. The number of H-pyrrole nitrogens is 1. The number of aromatic nitrogens is 2. The van der Waals surface area contributed by atoms with Crippen LogP contribution in [0.2, 0.25) is 0 Å². The van der Waals surface area contributed by atoms with Gasteiger partial charge in [-0.25, -0.2) is 9.37 Å². The number of nitrogens with zero attached hydrogens (tertiary/aromatic N) is 1. The lowest BCUT2D eigenvalue weighted by Gasteiger charge is -2.15. The van der Waals surface area contributed by atoms with E-state index in [1.54, 1.807) is 13.1 Å². The standard InChI is InChI=1S/C14H18FN3/c1-3-13(14-16-6-7-17-14)18-9-11-4-5-12(15)10(2)8-11/h4-8,13,18H,3,9H2,1-2H3,(H,16,17). The van der Waals surface area contributed by atoms with Crippen molar-refractivity contribution >= 4 is 0 Å². The molecule has 0 aliphatic heterocycles. The van der Waals surface area contributed by atoms with Gasteiger partial charge in [-0.2, -0.15) is 0 Å². The number of rotatable bonds is 5. The van der Waals surface area contributed by atoms with Gasteiger partial charge in [0.05, 0.1) is 6.04 Å². The van der Waals surface area contributed by atoms with Gasteiger partial charge in [0.2, 0.25) is 0 Å². The van der Waals surface area contributed by atoms with E-state index >= 15 is 0 Å². The predicted octanol–water partition coefficient (Wildman–Crippen LogP) is 3.10. The Morgan fingerprint density at radius 3 is 2.89 bits per heavy atom. The average molecular weight is 247 g/mol. The molecule has 1 atom stereocenters. The van der Waals surface area contributed by atoms with E-state index in [-0.39, 0.29) is 11.9 Å². The molecule has 1 unspecified atom stereocenters. The van der Waals surface area contributed by atoms with Gasteiger partial charge in [-0.05, 0) is 30.5 Å². The highest BCUT2D eigenvalue weighted by atomic mass is 19.1. The summed E-state index contributed by atoms with van der Waals surface area (Å²) >= 11 is 0.